The Morgan fingerprint density at radius 3 is 3.00 bits per heavy atom. The van der Waals surface area contributed by atoms with Gasteiger partial charge in [-0.2, -0.15) is 5.26 Å². The highest BCUT2D eigenvalue weighted by molar-refractivity contribution is 6.33. The number of halogens is 1. The van der Waals surface area contributed by atoms with E-state index in [0.717, 1.165) is 16.8 Å². The summed E-state index contributed by atoms with van der Waals surface area (Å²) in [5.41, 5.74) is 3.30. The number of benzene rings is 1. The maximum atomic E-state index is 8.95. The number of nitrogens with one attached hydrogen (secondary N) is 1. The third-order valence-electron chi connectivity index (χ3n) is 2.59. The fraction of sp³-hybridized carbons (Fsp3) is 0.143. The molecule has 0 fully saturated rings. The van der Waals surface area contributed by atoms with Crippen molar-refractivity contribution >= 4 is 17.3 Å². The lowest BCUT2D eigenvalue weighted by Gasteiger charge is -2.09. The van der Waals surface area contributed by atoms with Crippen LogP contribution in [0.2, 0.25) is 5.02 Å². The summed E-state index contributed by atoms with van der Waals surface area (Å²) in [5.74, 6) is 0. The molecule has 1 heterocycles. The predicted molar refractivity (Wildman–Crippen MR) is 72.5 cm³/mol. The Labute approximate surface area is 111 Å². The van der Waals surface area contributed by atoms with Gasteiger partial charge in [-0.3, -0.25) is 0 Å². The number of nitrogens with zero attached hydrogens (tertiary/aromatic N) is 2. The van der Waals surface area contributed by atoms with E-state index >= 15 is 0 Å². The van der Waals surface area contributed by atoms with Crippen LogP contribution in [0.5, 0.6) is 0 Å². The van der Waals surface area contributed by atoms with E-state index in [1.807, 2.05) is 37.3 Å². The van der Waals surface area contributed by atoms with Crippen LogP contribution in [-0.2, 0) is 6.54 Å². The van der Waals surface area contributed by atoms with E-state index in [2.05, 4.69) is 16.4 Å². The zero-order chi connectivity index (χ0) is 13.0. The predicted octanol–water partition coefficient (Wildman–Crippen LogP) is 3.53. The topological polar surface area (TPSA) is 48.7 Å². The molecule has 1 aromatic carbocycles. The molecule has 4 heteroatoms. The highest BCUT2D eigenvalue weighted by atomic mass is 35.5. The number of anilines is 1. The number of hydrogen-bond donors (Lipinski definition) is 1. The highest BCUT2D eigenvalue weighted by Crippen LogP contribution is 2.23. The minimum absolute atomic E-state index is 0.439. The van der Waals surface area contributed by atoms with Crippen LogP contribution in [0.15, 0.2) is 36.5 Å². The third kappa shape index (κ3) is 2.79. The lowest BCUT2D eigenvalue weighted by Crippen LogP contribution is -2.03. The summed E-state index contributed by atoms with van der Waals surface area (Å²) in [5, 5.41) is 12.8. The summed E-state index contributed by atoms with van der Waals surface area (Å²) >= 11 is 6.09. The lowest BCUT2D eigenvalue weighted by atomic mass is 10.2. The molecule has 0 unspecified atom stereocenters. The van der Waals surface area contributed by atoms with E-state index in [-0.39, 0.29) is 0 Å². The minimum Gasteiger partial charge on any atom is -0.380 e. The quantitative estimate of drug-likeness (QED) is 0.915. The van der Waals surface area contributed by atoms with E-state index in [4.69, 9.17) is 16.9 Å². The van der Waals surface area contributed by atoms with E-state index in [1.54, 1.807) is 6.20 Å². The molecular formula is C14H12ClN3. The number of rotatable bonds is 3. The van der Waals surface area contributed by atoms with Crippen LogP contribution >= 0.6 is 11.6 Å². The molecule has 2 rings (SSSR count). The fourth-order valence-corrected chi connectivity index (χ4v) is 1.83. The van der Waals surface area contributed by atoms with Crippen molar-refractivity contribution in [2.75, 3.05) is 5.32 Å². The Morgan fingerprint density at radius 1 is 1.39 bits per heavy atom. The first-order chi connectivity index (χ1) is 8.70. The van der Waals surface area contributed by atoms with Gasteiger partial charge in [-0.15, -0.1) is 0 Å². The molecule has 0 bridgehead atoms. The molecule has 0 saturated carbocycles. The van der Waals surface area contributed by atoms with Gasteiger partial charge in [0.1, 0.15) is 11.8 Å². The molecular weight excluding hydrogens is 246 g/mol. The zero-order valence-corrected chi connectivity index (χ0v) is 10.7. The Morgan fingerprint density at radius 2 is 2.22 bits per heavy atom. The first kappa shape index (κ1) is 12.4. The highest BCUT2D eigenvalue weighted by Gasteiger charge is 2.04. The molecule has 0 amide bonds. The third-order valence-corrected chi connectivity index (χ3v) is 2.92. The van der Waals surface area contributed by atoms with Gasteiger partial charge in [-0.05, 0) is 30.7 Å². The number of nitriles is 1. The molecule has 0 aliphatic rings. The summed E-state index contributed by atoms with van der Waals surface area (Å²) in [6, 6.07) is 11.6. The van der Waals surface area contributed by atoms with Crippen molar-refractivity contribution in [1.29, 1.82) is 5.26 Å². The molecule has 2 aromatic rings. The van der Waals surface area contributed by atoms with Gasteiger partial charge in [0.15, 0.2) is 0 Å². The van der Waals surface area contributed by atoms with Crippen molar-refractivity contribution in [2.24, 2.45) is 0 Å². The van der Waals surface area contributed by atoms with E-state index in [0.29, 0.717) is 17.3 Å². The molecule has 90 valence electrons. The van der Waals surface area contributed by atoms with Crippen LogP contribution < -0.4 is 5.32 Å². The van der Waals surface area contributed by atoms with Gasteiger partial charge in [0.2, 0.25) is 0 Å². The van der Waals surface area contributed by atoms with E-state index in [9.17, 15) is 0 Å². The van der Waals surface area contributed by atoms with Crippen LogP contribution in [-0.4, -0.2) is 4.98 Å². The van der Waals surface area contributed by atoms with Gasteiger partial charge in [0.05, 0.1) is 10.7 Å². The van der Waals surface area contributed by atoms with Crippen LogP contribution in [0, 0.1) is 18.3 Å². The summed E-state index contributed by atoms with van der Waals surface area (Å²) in [4.78, 5) is 4.02. The van der Waals surface area contributed by atoms with E-state index < -0.39 is 0 Å². The van der Waals surface area contributed by atoms with Crippen molar-refractivity contribution in [3.8, 4) is 6.07 Å². The molecule has 1 N–H and O–H groups in total. The molecule has 0 saturated heterocycles. The van der Waals surface area contributed by atoms with Crippen LogP contribution in [0.4, 0.5) is 5.69 Å². The number of aryl methyl sites for hydroxylation is 1. The first-order valence-corrected chi connectivity index (χ1v) is 5.92. The van der Waals surface area contributed by atoms with Crippen LogP contribution in [0.1, 0.15) is 16.8 Å². The number of hydrogen-bond acceptors (Lipinski definition) is 3. The monoisotopic (exact) mass is 257 g/mol. The Bertz CT molecular complexity index is 602. The molecule has 0 aliphatic heterocycles. The lowest BCUT2D eigenvalue weighted by molar-refractivity contribution is 1.09. The van der Waals surface area contributed by atoms with Crippen LogP contribution in [0.25, 0.3) is 0 Å². The minimum atomic E-state index is 0.439. The van der Waals surface area contributed by atoms with Crippen molar-refractivity contribution in [3.05, 3.63) is 58.4 Å². The maximum Gasteiger partial charge on any atom is 0.145 e. The van der Waals surface area contributed by atoms with Crippen molar-refractivity contribution < 1.29 is 0 Å². The van der Waals surface area contributed by atoms with Crippen molar-refractivity contribution in [1.82, 2.24) is 4.98 Å². The SMILES string of the molecule is Cc1ccc(Cl)c(NCc2cccnc2C#N)c1. The molecule has 18 heavy (non-hydrogen) atoms. The largest absolute Gasteiger partial charge is 0.380 e. The molecule has 1 aromatic heterocycles. The number of aromatic nitrogens is 1. The fourth-order valence-electron chi connectivity index (χ4n) is 1.65. The van der Waals surface area contributed by atoms with Gasteiger partial charge in [-0.1, -0.05) is 23.7 Å². The second-order valence-corrected chi connectivity index (χ2v) is 4.37. The van der Waals surface area contributed by atoms with Gasteiger partial charge >= 0.3 is 0 Å². The van der Waals surface area contributed by atoms with Gasteiger partial charge in [-0.25, -0.2) is 4.98 Å². The van der Waals surface area contributed by atoms with Gasteiger partial charge in [0.25, 0.3) is 0 Å². The summed E-state index contributed by atoms with van der Waals surface area (Å²) < 4.78 is 0. The normalized spacial score (nSPS) is 9.83. The number of pyridine rings is 1. The van der Waals surface area contributed by atoms with Crippen LogP contribution in [0.3, 0.4) is 0 Å². The first-order valence-electron chi connectivity index (χ1n) is 5.54. The summed E-state index contributed by atoms with van der Waals surface area (Å²) in [6.45, 7) is 2.53. The Kier molecular flexibility index (Phi) is 3.81. The van der Waals surface area contributed by atoms with Crippen molar-refractivity contribution in [2.45, 2.75) is 13.5 Å². The molecule has 0 radical (unpaired) electrons. The molecule has 3 nitrogen and oxygen atoms in total. The zero-order valence-electron chi connectivity index (χ0n) is 9.94. The molecule has 0 aliphatic carbocycles. The van der Waals surface area contributed by atoms with Gasteiger partial charge < -0.3 is 5.32 Å². The standard InChI is InChI=1S/C14H12ClN3/c1-10-4-5-12(15)13(7-10)18-9-11-3-2-6-17-14(11)8-16/h2-7,18H,9H2,1H3. The molecule has 0 spiro atoms. The average molecular weight is 258 g/mol. The molecule has 0 atom stereocenters. The Hall–Kier alpha value is -2.05. The average Bonchev–Trinajstić information content (AvgIpc) is 2.40. The summed E-state index contributed by atoms with van der Waals surface area (Å²) in [7, 11) is 0. The van der Waals surface area contributed by atoms with Crippen molar-refractivity contribution in [3.63, 3.8) is 0 Å². The van der Waals surface area contributed by atoms with Gasteiger partial charge in [0, 0.05) is 18.3 Å². The summed E-state index contributed by atoms with van der Waals surface area (Å²) in [6.07, 6.45) is 1.61. The second-order valence-electron chi connectivity index (χ2n) is 3.96. The van der Waals surface area contributed by atoms with E-state index in [1.165, 1.54) is 0 Å². The Balaban J connectivity index is 2.17. The smallest absolute Gasteiger partial charge is 0.145 e. The second kappa shape index (κ2) is 5.52. The maximum absolute atomic E-state index is 8.95.